The van der Waals surface area contributed by atoms with Gasteiger partial charge in [0.2, 0.25) is 0 Å². The van der Waals surface area contributed by atoms with E-state index >= 15 is 0 Å². The quantitative estimate of drug-likeness (QED) is 0.672. The lowest BCUT2D eigenvalue weighted by atomic mass is 10.0. The van der Waals surface area contributed by atoms with Crippen LogP contribution in [0.1, 0.15) is 23.7 Å². The second-order valence-electron chi connectivity index (χ2n) is 4.50. The fourth-order valence-electron chi connectivity index (χ4n) is 2.07. The molecule has 1 N–H and O–H groups in total. The number of nitro groups is 1. The van der Waals surface area contributed by atoms with Crippen molar-refractivity contribution in [3.05, 3.63) is 75.6 Å². The number of nitro benzene ring substituents is 1. The van der Waals surface area contributed by atoms with E-state index in [4.69, 9.17) is 0 Å². The Hall–Kier alpha value is -2.27. The van der Waals surface area contributed by atoms with Gasteiger partial charge in [-0.3, -0.25) is 10.1 Å². The molecule has 20 heavy (non-hydrogen) atoms. The van der Waals surface area contributed by atoms with Gasteiger partial charge < -0.3 is 5.11 Å². The Morgan fingerprint density at radius 2 is 1.90 bits per heavy atom. The van der Waals surface area contributed by atoms with E-state index in [1.165, 1.54) is 0 Å². The van der Waals surface area contributed by atoms with Crippen LogP contribution in [-0.4, -0.2) is 10.0 Å². The smallest absolute Gasteiger partial charge is 0.272 e. The summed E-state index contributed by atoms with van der Waals surface area (Å²) in [6, 6.07) is 12.4. The Kier molecular flexibility index (Phi) is 4.42. The van der Waals surface area contributed by atoms with E-state index in [0.29, 0.717) is 12.0 Å². The lowest BCUT2D eigenvalue weighted by Gasteiger charge is -2.11. The molecule has 0 amide bonds. The molecule has 0 bridgehead atoms. The molecule has 0 aromatic heterocycles. The van der Waals surface area contributed by atoms with E-state index in [-0.39, 0.29) is 12.1 Å². The Balaban J connectivity index is 2.11. The van der Waals surface area contributed by atoms with Crippen molar-refractivity contribution in [3.8, 4) is 0 Å². The first-order valence-corrected chi connectivity index (χ1v) is 6.24. The van der Waals surface area contributed by atoms with Crippen LogP contribution in [0.15, 0.2) is 48.5 Å². The number of aliphatic hydroxyl groups is 1. The van der Waals surface area contributed by atoms with Gasteiger partial charge in [0.25, 0.3) is 5.69 Å². The zero-order valence-electron chi connectivity index (χ0n) is 10.7. The maximum atomic E-state index is 13.2. The van der Waals surface area contributed by atoms with Crippen LogP contribution in [0.25, 0.3) is 0 Å². The van der Waals surface area contributed by atoms with Crippen LogP contribution >= 0.6 is 0 Å². The van der Waals surface area contributed by atoms with Gasteiger partial charge in [0.05, 0.1) is 11.0 Å². The lowest BCUT2D eigenvalue weighted by Crippen LogP contribution is -2.02. The third kappa shape index (κ3) is 3.39. The monoisotopic (exact) mass is 275 g/mol. The summed E-state index contributed by atoms with van der Waals surface area (Å²) in [7, 11) is 0. The van der Waals surface area contributed by atoms with Gasteiger partial charge >= 0.3 is 0 Å². The van der Waals surface area contributed by atoms with Gasteiger partial charge in [-0.25, -0.2) is 4.39 Å². The standard InChI is InChI=1S/C15H14FNO3/c16-13-7-8-14(17(19)20)12(10-13)6-9-15(18)11-4-2-1-3-5-11/h1-5,7-8,10,15,18H,6,9H2. The Labute approximate surface area is 115 Å². The maximum absolute atomic E-state index is 13.2. The predicted octanol–water partition coefficient (Wildman–Crippen LogP) is 3.40. The highest BCUT2D eigenvalue weighted by molar-refractivity contribution is 5.40. The molecule has 2 rings (SSSR count). The molecule has 0 saturated heterocycles. The number of hydrogen-bond acceptors (Lipinski definition) is 3. The fraction of sp³-hybridized carbons (Fsp3) is 0.200. The first-order valence-electron chi connectivity index (χ1n) is 6.24. The zero-order valence-corrected chi connectivity index (χ0v) is 10.7. The highest BCUT2D eigenvalue weighted by Gasteiger charge is 2.16. The summed E-state index contributed by atoms with van der Waals surface area (Å²) < 4.78 is 13.2. The van der Waals surface area contributed by atoms with Crippen LogP contribution in [0.4, 0.5) is 10.1 Å². The van der Waals surface area contributed by atoms with Gasteiger partial charge in [-0.1, -0.05) is 30.3 Å². The molecule has 0 heterocycles. The van der Waals surface area contributed by atoms with Crippen LogP contribution < -0.4 is 0 Å². The summed E-state index contributed by atoms with van der Waals surface area (Å²) in [4.78, 5) is 10.3. The molecule has 0 spiro atoms. The van der Waals surface area contributed by atoms with Crippen LogP contribution in [-0.2, 0) is 6.42 Å². The number of nitrogens with zero attached hydrogens (tertiary/aromatic N) is 1. The van der Waals surface area contributed by atoms with Crippen LogP contribution in [0.3, 0.4) is 0 Å². The van der Waals surface area contributed by atoms with Crippen molar-refractivity contribution >= 4 is 5.69 Å². The van der Waals surface area contributed by atoms with E-state index in [9.17, 15) is 19.6 Å². The number of aryl methyl sites for hydroxylation is 1. The summed E-state index contributed by atoms with van der Waals surface area (Å²) in [6.45, 7) is 0. The SMILES string of the molecule is O=[N+]([O-])c1ccc(F)cc1CCC(O)c1ccccc1. The number of rotatable bonds is 5. The first-order chi connectivity index (χ1) is 9.58. The third-order valence-electron chi connectivity index (χ3n) is 3.11. The Morgan fingerprint density at radius 1 is 1.20 bits per heavy atom. The minimum Gasteiger partial charge on any atom is -0.388 e. The highest BCUT2D eigenvalue weighted by Crippen LogP contribution is 2.24. The fourth-order valence-corrected chi connectivity index (χ4v) is 2.07. The number of hydrogen-bond donors (Lipinski definition) is 1. The summed E-state index contributed by atoms with van der Waals surface area (Å²) >= 11 is 0. The predicted molar refractivity (Wildman–Crippen MR) is 72.8 cm³/mol. The number of halogens is 1. The van der Waals surface area contributed by atoms with E-state index in [2.05, 4.69) is 0 Å². The first kappa shape index (κ1) is 14.1. The van der Waals surface area contributed by atoms with Gasteiger partial charge in [-0.05, 0) is 30.5 Å². The summed E-state index contributed by atoms with van der Waals surface area (Å²) in [5.74, 6) is -0.514. The van der Waals surface area contributed by atoms with Crippen molar-refractivity contribution in [2.24, 2.45) is 0 Å². The molecule has 2 aromatic carbocycles. The maximum Gasteiger partial charge on any atom is 0.272 e. The average molecular weight is 275 g/mol. The minimum absolute atomic E-state index is 0.119. The summed E-state index contributed by atoms with van der Waals surface area (Å²) in [6.07, 6.45) is -0.183. The summed E-state index contributed by atoms with van der Waals surface area (Å²) in [5, 5.41) is 20.9. The number of benzene rings is 2. The van der Waals surface area contributed by atoms with E-state index in [0.717, 1.165) is 23.8 Å². The molecule has 5 heteroatoms. The molecular weight excluding hydrogens is 261 g/mol. The van der Waals surface area contributed by atoms with Crippen LogP contribution in [0.2, 0.25) is 0 Å². The molecule has 0 saturated carbocycles. The minimum atomic E-state index is -0.723. The van der Waals surface area contributed by atoms with Crippen molar-refractivity contribution < 1.29 is 14.4 Å². The van der Waals surface area contributed by atoms with Gasteiger partial charge in [-0.15, -0.1) is 0 Å². The topological polar surface area (TPSA) is 63.4 Å². The zero-order chi connectivity index (χ0) is 14.5. The molecule has 0 aliphatic heterocycles. The molecule has 104 valence electrons. The van der Waals surface area contributed by atoms with E-state index < -0.39 is 16.8 Å². The normalized spacial score (nSPS) is 12.1. The molecule has 0 aliphatic carbocycles. The molecule has 2 aromatic rings. The van der Waals surface area contributed by atoms with E-state index in [1.54, 1.807) is 12.1 Å². The molecular formula is C15H14FNO3. The molecule has 1 atom stereocenters. The van der Waals surface area contributed by atoms with Gasteiger partial charge in [-0.2, -0.15) is 0 Å². The molecule has 0 fully saturated rings. The van der Waals surface area contributed by atoms with Gasteiger partial charge in [0, 0.05) is 11.6 Å². The van der Waals surface area contributed by atoms with E-state index in [1.807, 2.05) is 18.2 Å². The average Bonchev–Trinajstić information content (AvgIpc) is 2.45. The Morgan fingerprint density at radius 3 is 2.55 bits per heavy atom. The van der Waals surface area contributed by atoms with Crippen molar-refractivity contribution in [1.82, 2.24) is 0 Å². The van der Waals surface area contributed by atoms with Crippen LogP contribution in [0.5, 0.6) is 0 Å². The van der Waals surface area contributed by atoms with Gasteiger partial charge in [0.1, 0.15) is 5.82 Å². The van der Waals surface area contributed by atoms with Gasteiger partial charge in [0.15, 0.2) is 0 Å². The molecule has 4 nitrogen and oxygen atoms in total. The Bertz CT molecular complexity index is 601. The highest BCUT2D eigenvalue weighted by atomic mass is 19.1. The largest absolute Gasteiger partial charge is 0.388 e. The van der Waals surface area contributed by atoms with Crippen molar-refractivity contribution in [1.29, 1.82) is 0 Å². The lowest BCUT2D eigenvalue weighted by molar-refractivity contribution is -0.385. The molecule has 0 aliphatic rings. The second kappa shape index (κ2) is 6.25. The number of aliphatic hydroxyl groups excluding tert-OH is 1. The second-order valence-corrected chi connectivity index (χ2v) is 4.50. The van der Waals surface area contributed by atoms with Crippen molar-refractivity contribution in [3.63, 3.8) is 0 Å². The van der Waals surface area contributed by atoms with Crippen molar-refractivity contribution in [2.75, 3.05) is 0 Å². The van der Waals surface area contributed by atoms with Crippen LogP contribution in [0, 0.1) is 15.9 Å². The van der Waals surface area contributed by atoms with Crippen molar-refractivity contribution in [2.45, 2.75) is 18.9 Å². The summed E-state index contributed by atoms with van der Waals surface area (Å²) in [5.41, 5.74) is 0.920. The molecule has 1 unspecified atom stereocenters. The third-order valence-corrected chi connectivity index (χ3v) is 3.11. The molecule has 0 radical (unpaired) electrons.